The maximum atomic E-state index is 13.2. The summed E-state index contributed by atoms with van der Waals surface area (Å²) in [7, 11) is 1.49. The second kappa shape index (κ2) is 6.24. The molecule has 2 aromatic heterocycles. The number of aliphatic hydroxyl groups is 1. The standard InChI is InChI=1S/C22H18N2O6/c1-3-22(28)15-7-17-18-12(8-24(17)20(26)14(15)10-30-21(22)27)6-13-16(23-18)5-4-11(9-25)19(13)29-2/h4-7,9,28H,3,8,10H2,1-2H3/t22-/m0/s1. The van der Waals surface area contributed by atoms with Crippen LogP contribution in [-0.4, -0.2) is 34.0 Å². The normalized spacial score (nSPS) is 19.1. The van der Waals surface area contributed by atoms with Gasteiger partial charge in [-0.3, -0.25) is 9.59 Å². The molecule has 0 saturated carbocycles. The van der Waals surface area contributed by atoms with E-state index < -0.39 is 11.6 Å². The van der Waals surface area contributed by atoms with Crippen molar-refractivity contribution in [2.75, 3.05) is 7.11 Å². The maximum Gasteiger partial charge on any atom is 0.343 e. The molecule has 8 nitrogen and oxygen atoms in total. The molecule has 2 aliphatic heterocycles. The van der Waals surface area contributed by atoms with Crippen LogP contribution in [0.15, 0.2) is 29.1 Å². The summed E-state index contributed by atoms with van der Waals surface area (Å²) in [4.78, 5) is 41.4. The summed E-state index contributed by atoms with van der Waals surface area (Å²) < 4.78 is 12.1. The summed E-state index contributed by atoms with van der Waals surface area (Å²) in [6, 6.07) is 6.89. The summed E-state index contributed by atoms with van der Waals surface area (Å²) in [6.07, 6.45) is 0.812. The average Bonchev–Trinajstić information content (AvgIpc) is 3.12. The lowest BCUT2D eigenvalue weighted by Gasteiger charge is -2.31. The molecule has 0 bridgehead atoms. The van der Waals surface area contributed by atoms with E-state index in [4.69, 9.17) is 14.5 Å². The molecule has 4 heterocycles. The van der Waals surface area contributed by atoms with E-state index in [0.717, 1.165) is 11.8 Å². The monoisotopic (exact) mass is 406 g/mol. The lowest BCUT2D eigenvalue weighted by molar-refractivity contribution is -0.172. The van der Waals surface area contributed by atoms with Crippen molar-refractivity contribution >= 4 is 23.2 Å². The second-order valence-electron chi connectivity index (χ2n) is 7.47. The first-order chi connectivity index (χ1) is 14.4. The van der Waals surface area contributed by atoms with Crippen LogP contribution >= 0.6 is 0 Å². The first-order valence-corrected chi connectivity index (χ1v) is 9.56. The van der Waals surface area contributed by atoms with Crippen LogP contribution in [0.3, 0.4) is 0 Å². The molecule has 8 heteroatoms. The minimum atomic E-state index is -1.86. The van der Waals surface area contributed by atoms with E-state index in [1.165, 1.54) is 7.11 Å². The van der Waals surface area contributed by atoms with Gasteiger partial charge in [0.15, 0.2) is 11.9 Å². The summed E-state index contributed by atoms with van der Waals surface area (Å²) in [5.41, 5.74) is 1.33. The molecule has 0 saturated heterocycles. The lowest BCUT2D eigenvalue weighted by atomic mass is 9.86. The van der Waals surface area contributed by atoms with Gasteiger partial charge >= 0.3 is 5.97 Å². The number of cyclic esters (lactones) is 1. The van der Waals surface area contributed by atoms with Crippen molar-refractivity contribution < 1.29 is 24.2 Å². The third kappa shape index (κ3) is 2.25. The highest BCUT2D eigenvalue weighted by Gasteiger charge is 2.45. The molecule has 0 spiro atoms. The number of nitrogens with zero attached hydrogens (tertiary/aromatic N) is 2. The van der Waals surface area contributed by atoms with Crippen molar-refractivity contribution in [2.24, 2.45) is 0 Å². The number of carbonyl (C=O) groups is 2. The molecule has 0 aliphatic carbocycles. The minimum absolute atomic E-state index is 0.0887. The van der Waals surface area contributed by atoms with E-state index in [-0.39, 0.29) is 36.3 Å². The predicted molar refractivity (Wildman–Crippen MR) is 106 cm³/mol. The molecule has 0 amide bonds. The number of aromatic nitrogens is 2. The van der Waals surface area contributed by atoms with Gasteiger partial charge in [0, 0.05) is 16.5 Å². The number of hydrogen-bond donors (Lipinski definition) is 1. The fourth-order valence-electron chi connectivity index (χ4n) is 4.36. The number of benzene rings is 1. The van der Waals surface area contributed by atoms with Gasteiger partial charge in [0.1, 0.15) is 12.4 Å². The predicted octanol–water partition coefficient (Wildman–Crippen LogP) is 1.90. The molecule has 0 radical (unpaired) electrons. The molecule has 5 rings (SSSR count). The van der Waals surface area contributed by atoms with E-state index in [1.807, 2.05) is 6.07 Å². The second-order valence-corrected chi connectivity index (χ2v) is 7.47. The number of fused-ring (bicyclic) bond motifs is 5. The zero-order chi connectivity index (χ0) is 21.2. The van der Waals surface area contributed by atoms with Crippen molar-refractivity contribution in [3.05, 3.63) is 56.9 Å². The molecule has 30 heavy (non-hydrogen) atoms. The first-order valence-electron chi connectivity index (χ1n) is 9.56. The molecule has 1 aromatic carbocycles. The molecule has 152 valence electrons. The Hall–Kier alpha value is -3.52. The Balaban J connectivity index is 1.78. The Bertz CT molecular complexity index is 1330. The van der Waals surface area contributed by atoms with Gasteiger partial charge in [-0.1, -0.05) is 6.92 Å². The topological polar surface area (TPSA) is 108 Å². The van der Waals surface area contributed by atoms with Crippen LogP contribution < -0.4 is 10.3 Å². The fraction of sp³-hybridized carbons (Fsp3) is 0.273. The van der Waals surface area contributed by atoms with Gasteiger partial charge in [0.05, 0.1) is 41.7 Å². The number of rotatable bonds is 3. The number of aldehydes is 1. The summed E-state index contributed by atoms with van der Waals surface area (Å²) >= 11 is 0. The third-order valence-corrected chi connectivity index (χ3v) is 6.00. The molecular formula is C22H18N2O6. The van der Waals surface area contributed by atoms with Crippen LogP contribution in [0.5, 0.6) is 5.75 Å². The van der Waals surface area contributed by atoms with Crippen LogP contribution in [0.25, 0.3) is 22.3 Å². The van der Waals surface area contributed by atoms with Crippen LogP contribution in [0.1, 0.15) is 40.4 Å². The minimum Gasteiger partial charge on any atom is -0.495 e. The fourth-order valence-corrected chi connectivity index (χ4v) is 4.36. The molecule has 0 fully saturated rings. The number of esters is 1. The van der Waals surface area contributed by atoms with E-state index in [9.17, 15) is 19.5 Å². The Morgan fingerprint density at radius 1 is 1.33 bits per heavy atom. The smallest absolute Gasteiger partial charge is 0.343 e. The summed E-state index contributed by atoms with van der Waals surface area (Å²) in [5.74, 6) is -0.322. The molecule has 3 aromatic rings. The van der Waals surface area contributed by atoms with Gasteiger partial charge in [-0.2, -0.15) is 0 Å². The van der Waals surface area contributed by atoms with Gasteiger partial charge in [-0.15, -0.1) is 0 Å². The Morgan fingerprint density at radius 2 is 2.13 bits per heavy atom. The zero-order valence-electron chi connectivity index (χ0n) is 16.4. The van der Waals surface area contributed by atoms with Crippen molar-refractivity contribution in [3.8, 4) is 17.1 Å². The molecule has 1 atom stereocenters. The zero-order valence-corrected chi connectivity index (χ0v) is 16.4. The Labute approximate surface area is 170 Å². The van der Waals surface area contributed by atoms with Gasteiger partial charge in [-0.05, 0) is 30.7 Å². The van der Waals surface area contributed by atoms with Gasteiger partial charge in [0.2, 0.25) is 0 Å². The van der Waals surface area contributed by atoms with Gasteiger partial charge in [-0.25, -0.2) is 9.78 Å². The number of pyridine rings is 2. The number of methoxy groups -OCH3 is 1. The quantitative estimate of drug-likeness (QED) is 0.409. The molecule has 0 unspecified atom stereocenters. The van der Waals surface area contributed by atoms with Crippen LogP contribution in [0.4, 0.5) is 0 Å². The average molecular weight is 406 g/mol. The van der Waals surface area contributed by atoms with Crippen LogP contribution in [-0.2, 0) is 28.3 Å². The highest BCUT2D eigenvalue weighted by molar-refractivity contribution is 5.96. The van der Waals surface area contributed by atoms with E-state index in [1.54, 1.807) is 29.7 Å². The van der Waals surface area contributed by atoms with Gasteiger partial charge in [0.25, 0.3) is 5.56 Å². The lowest BCUT2D eigenvalue weighted by Crippen LogP contribution is -2.44. The van der Waals surface area contributed by atoms with Gasteiger partial charge < -0.3 is 19.1 Å². The number of ether oxygens (including phenoxy) is 2. The summed E-state index contributed by atoms with van der Waals surface area (Å²) in [6.45, 7) is 1.78. The highest BCUT2D eigenvalue weighted by Crippen LogP contribution is 2.39. The summed E-state index contributed by atoms with van der Waals surface area (Å²) in [5, 5.41) is 11.6. The molecular weight excluding hydrogens is 388 g/mol. The van der Waals surface area contributed by atoms with Crippen LogP contribution in [0, 0.1) is 0 Å². The van der Waals surface area contributed by atoms with E-state index in [0.29, 0.717) is 33.6 Å². The van der Waals surface area contributed by atoms with Crippen molar-refractivity contribution in [2.45, 2.75) is 32.1 Å². The number of hydrogen-bond acceptors (Lipinski definition) is 7. The molecule has 2 aliphatic rings. The largest absolute Gasteiger partial charge is 0.495 e. The van der Waals surface area contributed by atoms with E-state index >= 15 is 0 Å². The number of carbonyl (C=O) groups excluding carboxylic acids is 2. The van der Waals surface area contributed by atoms with Crippen molar-refractivity contribution in [3.63, 3.8) is 0 Å². The SMILES string of the molecule is CC[C@@]1(O)C(=O)OCc2c1cc1n(c2=O)Cc2cc3c(OC)c(C=O)ccc3nc2-1. The Morgan fingerprint density at radius 3 is 2.83 bits per heavy atom. The highest BCUT2D eigenvalue weighted by atomic mass is 16.6. The van der Waals surface area contributed by atoms with Crippen molar-refractivity contribution in [1.82, 2.24) is 9.55 Å². The molecule has 1 N–H and O–H groups in total. The van der Waals surface area contributed by atoms with Crippen LogP contribution in [0.2, 0.25) is 0 Å². The first kappa shape index (κ1) is 18.5. The Kier molecular flexibility index (Phi) is 3.85. The van der Waals surface area contributed by atoms with Crippen molar-refractivity contribution in [1.29, 1.82) is 0 Å². The van der Waals surface area contributed by atoms with E-state index in [2.05, 4.69) is 0 Å². The third-order valence-electron chi connectivity index (χ3n) is 6.00. The maximum absolute atomic E-state index is 13.2.